The summed E-state index contributed by atoms with van der Waals surface area (Å²) in [6.07, 6.45) is 0. The Balaban J connectivity index is 1.16. The molecule has 0 radical (unpaired) electrons. The molecule has 0 aliphatic heterocycles. The fourth-order valence-electron chi connectivity index (χ4n) is 7.55. The van der Waals surface area contributed by atoms with Crippen molar-refractivity contribution in [2.45, 2.75) is 0 Å². The number of para-hydroxylation sites is 1. The zero-order valence-corrected chi connectivity index (χ0v) is 27.3. The van der Waals surface area contributed by atoms with Crippen LogP contribution < -0.4 is 4.90 Å². The van der Waals surface area contributed by atoms with Gasteiger partial charge in [-0.2, -0.15) is 0 Å². The Labute approximate surface area is 290 Å². The van der Waals surface area contributed by atoms with Gasteiger partial charge in [-0.15, -0.1) is 0 Å². The maximum atomic E-state index is 6.39. The van der Waals surface area contributed by atoms with Crippen molar-refractivity contribution in [2.75, 3.05) is 4.90 Å². The summed E-state index contributed by atoms with van der Waals surface area (Å²) in [5.41, 5.74) is 9.84. The predicted octanol–water partition coefficient (Wildman–Crippen LogP) is 13.8. The van der Waals surface area contributed by atoms with Crippen molar-refractivity contribution in [2.24, 2.45) is 0 Å². The molecule has 0 atom stereocenters. The number of furan rings is 1. The Kier molecular flexibility index (Phi) is 6.53. The minimum Gasteiger partial charge on any atom is -0.456 e. The van der Waals surface area contributed by atoms with Gasteiger partial charge in [-0.05, 0) is 103 Å². The van der Waals surface area contributed by atoms with Crippen LogP contribution in [0.3, 0.4) is 0 Å². The van der Waals surface area contributed by atoms with Crippen LogP contribution in [-0.4, -0.2) is 0 Å². The van der Waals surface area contributed by atoms with Gasteiger partial charge in [0.2, 0.25) is 0 Å². The van der Waals surface area contributed by atoms with Gasteiger partial charge in [-0.3, -0.25) is 0 Å². The molecular weight excluding hydrogens is 607 g/mol. The van der Waals surface area contributed by atoms with Crippen molar-refractivity contribution in [3.63, 3.8) is 0 Å². The molecule has 234 valence electrons. The van der Waals surface area contributed by atoms with Gasteiger partial charge in [0.15, 0.2) is 0 Å². The van der Waals surface area contributed by atoms with Gasteiger partial charge in [-0.1, -0.05) is 133 Å². The van der Waals surface area contributed by atoms with Gasteiger partial charge in [0, 0.05) is 33.9 Å². The average Bonchev–Trinajstić information content (AvgIpc) is 3.56. The maximum absolute atomic E-state index is 6.39. The second kappa shape index (κ2) is 11.5. The van der Waals surface area contributed by atoms with Crippen LogP contribution >= 0.6 is 0 Å². The molecule has 10 aromatic rings. The van der Waals surface area contributed by atoms with Crippen molar-refractivity contribution in [1.29, 1.82) is 0 Å². The Morgan fingerprint density at radius 2 is 0.880 bits per heavy atom. The summed E-state index contributed by atoms with van der Waals surface area (Å²) in [5, 5.41) is 9.65. The average molecular weight is 638 g/mol. The summed E-state index contributed by atoms with van der Waals surface area (Å²) in [4.78, 5) is 2.35. The van der Waals surface area contributed by atoms with E-state index in [1.165, 1.54) is 54.6 Å². The Morgan fingerprint density at radius 3 is 1.74 bits per heavy atom. The smallest absolute Gasteiger partial charge is 0.137 e. The standard InChI is InChI=1S/C48H31NO/c1-2-9-32(10-3-1)37-20-19-35-17-18-36-23-26-39(30-46(36)45(35)29-37)49(40-27-28-44-43-14-6-7-16-47(43)50-48(44)31-40)38-24-21-34(22-25-38)42-15-8-12-33-11-4-5-13-41(33)42/h1-31H. The van der Waals surface area contributed by atoms with Crippen molar-refractivity contribution in [3.05, 3.63) is 188 Å². The third-order valence-electron chi connectivity index (χ3n) is 10.0. The van der Waals surface area contributed by atoms with E-state index >= 15 is 0 Å². The molecule has 0 aliphatic rings. The van der Waals surface area contributed by atoms with E-state index in [-0.39, 0.29) is 0 Å². The van der Waals surface area contributed by atoms with E-state index in [1.54, 1.807) is 0 Å². The summed E-state index contributed by atoms with van der Waals surface area (Å²) < 4.78 is 6.39. The van der Waals surface area contributed by atoms with Gasteiger partial charge >= 0.3 is 0 Å². The van der Waals surface area contributed by atoms with E-state index in [4.69, 9.17) is 4.42 Å². The van der Waals surface area contributed by atoms with E-state index in [0.717, 1.165) is 39.0 Å². The van der Waals surface area contributed by atoms with E-state index in [2.05, 4.69) is 181 Å². The monoisotopic (exact) mass is 637 g/mol. The molecule has 50 heavy (non-hydrogen) atoms. The first-order valence-corrected chi connectivity index (χ1v) is 17.1. The van der Waals surface area contributed by atoms with E-state index < -0.39 is 0 Å². The summed E-state index contributed by atoms with van der Waals surface area (Å²) in [7, 11) is 0. The molecule has 0 fully saturated rings. The Hall–Kier alpha value is -6.64. The fraction of sp³-hybridized carbons (Fsp3) is 0. The lowest BCUT2D eigenvalue weighted by atomic mass is 9.96. The molecular formula is C48H31NO. The molecule has 0 aliphatic carbocycles. The second-order valence-electron chi connectivity index (χ2n) is 13.0. The van der Waals surface area contributed by atoms with Crippen molar-refractivity contribution >= 4 is 71.3 Å². The molecule has 9 aromatic carbocycles. The first-order chi connectivity index (χ1) is 24.8. The highest BCUT2D eigenvalue weighted by Gasteiger charge is 2.17. The summed E-state index contributed by atoms with van der Waals surface area (Å²) in [6, 6.07) is 67.6. The normalized spacial score (nSPS) is 11.6. The lowest BCUT2D eigenvalue weighted by Gasteiger charge is -2.26. The summed E-state index contributed by atoms with van der Waals surface area (Å²) in [5.74, 6) is 0. The minimum atomic E-state index is 0.875. The molecule has 0 bridgehead atoms. The quantitative estimate of drug-likeness (QED) is 0.175. The van der Waals surface area contributed by atoms with Gasteiger partial charge < -0.3 is 9.32 Å². The first-order valence-electron chi connectivity index (χ1n) is 17.1. The molecule has 0 amide bonds. The molecule has 10 rings (SSSR count). The SMILES string of the molecule is c1ccc(-c2ccc3ccc4ccc(N(c5ccc(-c6cccc7ccccc67)cc5)c5ccc6c(c5)oc5ccccc56)cc4c3c2)cc1. The van der Waals surface area contributed by atoms with Crippen LogP contribution in [0.1, 0.15) is 0 Å². The minimum absolute atomic E-state index is 0.875. The van der Waals surface area contributed by atoms with E-state index in [0.29, 0.717) is 0 Å². The zero-order chi connectivity index (χ0) is 33.0. The molecule has 0 saturated carbocycles. The van der Waals surface area contributed by atoms with Crippen LogP contribution in [0.2, 0.25) is 0 Å². The molecule has 2 heteroatoms. The summed E-state index contributed by atoms with van der Waals surface area (Å²) >= 11 is 0. The predicted molar refractivity (Wildman–Crippen MR) is 212 cm³/mol. The number of hydrogen-bond donors (Lipinski definition) is 0. The largest absolute Gasteiger partial charge is 0.456 e. The molecule has 1 aromatic heterocycles. The first kappa shape index (κ1) is 28.4. The number of fused-ring (bicyclic) bond motifs is 7. The van der Waals surface area contributed by atoms with Gasteiger partial charge in [0.1, 0.15) is 11.2 Å². The van der Waals surface area contributed by atoms with Crippen molar-refractivity contribution in [3.8, 4) is 22.3 Å². The molecule has 0 saturated heterocycles. The van der Waals surface area contributed by atoms with Crippen LogP contribution in [0.5, 0.6) is 0 Å². The number of hydrogen-bond acceptors (Lipinski definition) is 2. The van der Waals surface area contributed by atoms with Crippen LogP contribution in [-0.2, 0) is 0 Å². The van der Waals surface area contributed by atoms with Crippen molar-refractivity contribution < 1.29 is 4.42 Å². The Bertz CT molecular complexity index is 2860. The number of rotatable bonds is 5. The number of nitrogens with zero attached hydrogens (tertiary/aromatic N) is 1. The molecule has 2 nitrogen and oxygen atoms in total. The Morgan fingerprint density at radius 1 is 0.300 bits per heavy atom. The topological polar surface area (TPSA) is 16.4 Å². The van der Waals surface area contributed by atoms with Crippen LogP contribution in [0.4, 0.5) is 17.1 Å². The van der Waals surface area contributed by atoms with Gasteiger partial charge in [0.25, 0.3) is 0 Å². The van der Waals surface area contributed by atoms with Crippen molar-refractivity contribution in [1.82, 2.24) is 0 Å². The molecule has 0 N–H and O–H groups in total. The summed E-state index contributed by atoms with van der Waals surface area (Å²) in [6.45, 7) is 0. The highest BCUT2D eigenvalue weighted by molar-refractivity contribution is 6.11. The van der Waals surface area contributed by atoms with Crippen LogP contribution in [0.25, 0.3) is 76.5 Å². The van der Waals surface area contributed by atoms with Crippen LogP contribution in [0.15, 0.2) is 192 Å². The van der Waals surface area contributed by atoms with E-state index in [9.17, 15) is 0 Å². The van der Waals surface area contributed by atoms with Gasteiger partial charge in [-0.25, -0.2) is 0 Å². The third-order valence-corrected chi connectivity index (χ3v) is 10.0. The molecule has 0 spiro atoms. The molecule has 1 heterocycles. The van der Waals surface area contributed by atoms with Gasteiger partial charge in [0.05, 0.1) is 0 Å². The highest BCUT2D eigenvalue weighted by Crippen LogP contribution is 2.41. The molecule has 0 unspecified atom stereocenters. The second-order valence-corrected chi connectivity index (χ2v) is 13.0. The maximum Gasteiger partial charge on any atom is 0.137 e. The zero-order valence-electron chi connectivity index (χ0n) is 27.3. The van der Waals surface area contributed by atoms with E-state index in [1.807, 2.05) is 12.1 Å². The number of benzene rings is 9. The van der Waals surface area contributed by atoms with Crippen LogP contribution in [0, 0.1) is 0 Å². The third kappa shape index (κ3) is 4.73. The highest BCUT2D eigenvalue weighted by atomic mass is 16.3. The lowest BCUT2D eigenvalue weighted by Crippen LogP contribution is -2.09. The fourth-order valence-corrected chi connectivity index (χ4v) is 7.55. The number of anilines is 3. The lowest BCUT2D eigenvalue weighted by molar-refractivity contribution is 0.669.